The molecule has 3 nitrogen and oxygen atoms in total. The van der Waals surface area contributed by atoms with Gasteiger partial charge in [-0.05, 0) is 19.4 Å². The predicted octanol–water partition coefficient (Wildman–Crippen LogP) is 1.94. The third-order valence-electron chi connectivity index (χ3n) is 3.13. The molecule has 0 atom stereocenters. The van der Waals surface area contributed by atoms with Crippen molar-refractivity contribution < 1.29 is 18.6 Å². The van der Waals surface area contributed by atoms with Crippen molar-refractivity contribution in [3.05, 3.63) is 29.3 Å². The number of halogens is 2. The van der Waals surface area contributed by atoms with Gasteiger partial charge in [-0.15, -0.1) is 0 Å². The number of hydrogen-bond acceptors (Lipinski definition) is 3. The number of rotatable bonds is 4. The third kappa shape index (κ3) is 3.40. The van der Waals surface area contributed by atoms with Gasteiger partial charge in [0.2, 0.25) is 0 Å². The highest BCUT2D eigenvalue weighted by atomic mass is 19.1. The van der Waals surface area contributed by atoms with Crippen molar-refractivity contribution in [1.82, 2.24) is 4.90 Å². The molecule has 1 fully saturated rings. The molecule has 0 spiro atoms. The monoisotopic (exact) mass is 257 g/mol. The number of phenolic OH excluding ortho intramolecular Hbond substituents is 1. The average molecular weight is 257 g/mol. The van der Waals surface area contributed by atoms with E-state index in [-0.39, 0.29) is 11.3 Å². The van der Waals surface area contributed by atoms with E-state index in [9.17, 15) is 8.78 Å². The summed E-state index contributed by atoms with van der Waals surface area (Å²) in [5.41, 5.74) is 0.0565. The van der Waals surface area contributed by atoms with Crippen molar-refractivity contribution >= 4 is 0 Å². The lowest BCUT2D eigenvalue weighted by Gasteiger charge is -2.26. The molecule has 5 heteroatoms. The zero-order valence-corrected chi connectivity index (χ0v) is 10.2. The summed E-state index contributed by atoms with van der Waals surface area (Å²) in [6, 6.07) is 1.90. The summed E-state index contributed by atoms with van der Waals surface area (Å²) in [6.07, 6.45) is 1.04. The van der Waals surface area contributed by atoms with Gasteiger partial charge in [-0.2, -0.15) is 0 Å². The Labute approximate surface area is 105 Å². The molecule has 0 amide bonds. The second-order valence-corrected chi connectivity index (χ2v) is 4.45. The Bertz CT molecular complexity index is 383. The molecule has 100 valence electrons. The van der Waals surface area contributed by atoms with Crippen LogP contribution in [0.4, 0.5) is 8.78 Å². The van der Waals surface area contributed by atoms with Crippen molar-refractivity contribution in [2.24, 2.45) is 0 Å². The van der Waals surface area contributed by atoms with Crippen molar-refractivity contribution in [2.75, 3.05) is 32.8 Å². The fraction of sp³-hybridized carbons (Fsp3) is 0.538. The smallest absolute Gasteiger partial charge is 0.132 e. The summed E-state index contributed by atoms with van der Waals surface area (Å²) < 4.78 is 32.1. The minimum Gasteiger partial charge on any atom is -0.508 e. The molecule has 0 saturated carbocycles. The maximum atomic E-state index is 13.4. The first kappa shape index (κ1) is 13.2. The summed E-state index contributed by atoms with van der Waals surface area (Å²) in [6.45, 7) is 4.01. The molecule has 1 N–H and O–H groups in total. The number of aromatic hydroxyl groups is 1. The number of morpholine rings is 1. The first-order chi connectivity index (χ1) is 8.66. The van der Waals surface area contributed by atoms with Gasteiger partial charge in [0.15, 0.2) is 0 Å². The van der Waals surface area contributed by atoms with E-state index in [1.807, 2.05) is 0 Å². The van der Waals surface area contributed by atoms with E-state index in [4.69, 9.17) is 9.84 Å². The van der Waals surface area contributed by atoms with E-state index in [0.717, 1.165) is 45.0 Å². The number of phenols is 1. The molecule has 1 heterocycles. The molecule has 0 bridgehead atoms. The van der Waals surface area contributed by atoms with E-state index >= 15 is 0 Å². The zero-order chi connectivity index (χ0) is 13.0. The van der Waals surface area contributed by atoms with Crippen LogP contribution in [0, 0.1) is 11.6 Å². The SMILES string of the molecule is Oc1cc(F)c(CCCN2CCOCC2)c(F)c1. The second kappa shape index (κ2) is 6.11. The lowest BCUT2D eigenvalue weighted by molar-refractivity contribution is 0.0374. The molecule has 1 saturated heterocycles. The second-order valence-electron chi connectivity index (χ2n) is 4.45. The van der Waals surface area contributed by atoms with Crippen LogP contribution in [-0.4, -0.2) is 42.9 Å². The van der Waals surface area contributed by atoms with Gasteiger partial charge in [0, 0.05) is 30.8 Å². The van der Waals surface area contributed by atoms with Gasteiger partial charge in [0.25, 0.3) is 0 Å². The molecule has 1 aromatic rings. The molecule has 0 unspecified atom stereocenters. The third-order valence-corrected chi connectivity index (χ3v) is 3.13. The van der Waals surface area contributed by atoms with Crippen LogP contribution in [0.25, 0.3) is 0 Å². The van der Waals surface area contributed by atoms with Gasteiger partial charge in [-0.25, -0.2) is 8.78 Å². The Balaban J connectivity index is 1.86. The fourth-order valence-corrected chi connectivity index (χ4v) is 2.13. The summed E-state index contributed by atoms with van der Waals surface area (Å²) in [7, 11) is 0. The van der Waals surface area contributed by atoms with Crippen LogP contribution in [0.2, 0.25) is 0 Å². The number of benzene rings is 1. The van der Waals surface area contributed by atoms with Crippen LogP contribution >= 0.6 is 0 Å². The number of hydrogen-bond donors (Lipinski definition) is 1. The maximum absolute atomic E-state index is 13.4. The molecule has 0 aromatic heterocycles. The lowest BCUT2D eigenvalue weighted by Crippen LogP contribution is -2.37. The summed E-state index contributed by atoms with van der Waals surface area (Å²) in [4.78, 5) is 2.22. The van der Waals surface area contributed by atoms with Crippen molar-refractivity contribution in [2.45, 2.75) is 12.8 Å². The van der Waals surface area contributed by atoms with Crippen molar-refractivity contribution in [3.63, 3.8) is 0 Å². The molecule has 0 aliphatic carbocycles. The average Bonchev–Trinajstić information content (AvgIpc) is 2.34. The highest BCUT2D eigenvalue weighted by Crippen LogP contribution is 2.20. The van der Waals surface area contributed by atoms with Crippen LogP contribution in [-0.2, 0) is 11.2 Å². The van der Waals surface area contributed by atoms with Gasteiger partial charge >= 0.3 is 0 Å². The van der Waals surface area contributed by atoms with Gasteiger partial charge in [-0.3, -0.25) is 4.90 Å². The Hall–Kier alpha value is -1.20. The Morgan fingerprint density at radius 2 is 1.78 bits per heavy atom. The van der Waals surface area contributed by atoms with Gasteiger partial charge in [-0.1, -0.05) is 0 Å². The minimum absolute atomic E-state index is 0.0565. The van der Waals surface area contributed by atoms with Crippen LogP contribution in [0.15, 0.2) is 12.1 Å². The van der Waals surface area contributed by atoms with E-state index in [1.165, 1.54) is 0 Å². The zero-order valence-electron chi connectivity index (χ0n) is 10.2. The largest absolute Gasteiger partial charge is 0.508 e. The topological polar surface area (TPSA) is 32.7 Å². The summed E-state index contributed by atoms with van der Waals surface area (Å²) >= 11 is 0. The highest BCUT2D eigenvalue weighted by Gasteiger charge is 2.13. The Kier molecular flexibility index (Phi) is 4.49. The van der Waals surface area contributed by atoms with E-state index < -0.39 is 11.6 Å². The normalized spacial score (nSPS) is 17.0. The standard InChI is InChI=1S/C13H17F2NO2/c14-12-8-10(17)9-13(15)11(12)2-1-3-16-4-6-18-7-5-16/h8-9,17H,1-7H2. The minimum atomic E-state index is -0.672. The van der Waals surface area contributed by atoms with E-state index in [1.54, 1.807) is 0 Å². The molecule has 0 radical (unpaired) electrons. The van der Waals surface area contributed by atoms with Crippen molar-refractivity contribution in [1.29, 1.82) is 0 Å². The van der Waals surface area contributed by atoms with Crippen LogP contribution in [0.1, 0.15) is 12.0 Å². The molecule has 2 rings (SSSR count). The lowest BCUT2D eigenvalue weighted by atomic mass is 10.1. The Morgan fingerprint density at radius 1 is 1.17 bits per heavy atom. The fourth-order valence-electron chi connectivity index (χ4n) is 2.13. The molecule has 1 aliphatic heterocycles. The van der Waals surface area contributed by atoms with Crippen LogP contribution in [0.3, 0.4) is 0 Å². The Morgan fingerprint density at radius 3 is 2.39 bits per heavy atom. The van der Waals surface area contributed by atoms with Gasteiger partial charge in [0.05, 0.1) is 13.2 Å². The molecule has 1 aromatic carbocycles. The first-order valence-corrected chi connectivity index (χ1v) is 6.14. The molecule has 1 aliphatic rings. The number of nitrogens with zero attached hydrogens (tertiary/aromatic N) is 1. The quantitative estimate of drug-likeness (QED) is 0.894. The van der Waals surface area contributed by atoms with Gasteiger partial charge < -0.3 is 9.84 Å². The van der Waals surface area contributed by atoms with Crippen LogP contribution in [0.5, 0.6) is 5.75 Å². The van der Waals surface area contributed by atoms with Crippen LogP contribution < -0.4 is 0 Å². The van der Waals surface area contributed by atoms with Crippen molar-refractivity contribution in [3.8, 4) is 5.75 Å². The highest BCUT2D eigenvalue weighted by molar-refractivity contribution is 5.29. The molecular formula is C13H17F2NO2. The number of ether oxygens (including phenoxy) is 1. The van der Waals surface area contributed by atoms with Gasteiger partial charge in [0.1, 0.15) is 17.4 Å². The van der Waals surface area contributed by atoms with E-state index in [2.05, 4.69) is 4.90 Å². The molecular weight excluding hydrogens is 240 g/mol. The van der Waals surface area contributed by atoms with E-state index in [0.29, 0.717) is 12.8 Å². The summed E-state index contributed by atoms with van der Waals surface area (Å²) in [5.74, 6) is -1.72. The first-order valence-electron chi connectivity index (χ1n) is 6.14. The predicted molar refractivity (Wildman–Crippen MR) is 63.6 cm³/mol. The summed E-state index contributed by atoms with van der Waals surface area (Å²) in [5, 5.41) is 9.05. The maximum Gasteiger partial charge on any atom is 0.132 e. The molecule has 18 heavy (non-hydrogen) atoms.